The van der Waals surface area contributed by atoms with Crippen LogP contribution < -0.4 is 10.5 Å². The molecular formula is C15H15NO3. The van der Waals surface area contributed by atoms with Gasteiger partial charge in [0, 0.05) is 5.56 Å². The molecule has 0 fully saturated rings. The Hall–Kier alpha value is -2.17. The zero-order chi connectivity index (χ0) is 13.7. The van der Waals surface area contributed by atoms with E-state index in [1.54, 1.807) is 24.3 Å². The highest BCUT2D eigenvalue weighted by Crippen LogP contribution is 2.21. The Morgan fingerprint density at radius 3 is 2.21 bits per heavy atom. The van der Waals surface area contributed by atoms with Crippen LogP contribution in [0.2, 0.25) is 0 Å². The number of nitrogens with two attached hydrogens (primary N) is 1. The van der Waals surface area contributed by atoms with Crippen molar-refractivity contribution in [3.05, 3.63) is 60.2 Å². The molecule has 0 aliphatic heterocycles. The smallest absolute Gasteiger partial charge is 0.181 e. The number of benzene rings is 2. The normalized spacial score (nSPS) is 11.9. The molecule has 0 saturated heterocycles. The summed E-state index contributed by atoms with van der Waals surface area (Å²) in [6, 6.07) is 15.2. The number of carbonyl (C=O) groups is 1. The largest absolute Gasteiger partial charge is 0.457 e. The Labute approximate surface area is 111 Å². The van der Waals surface area contributed by atoms with E-state index < -0.39 is 6.04 Å². The number of aliphatic hydroxyl groups is 1. The molecule has 4 nitrogen and oxygen atoms in total. The molecule has 2 aromatic carbocycles. The lowest BCUT2D eigenvalue weighted by Gasteiger charge is -2.08. The zero-order valence-corrected chi connectivity index (χ0v) is 10.3. The Morgan fingerprint density at radius 2 is 1.63 bits per heavy atom. The first-order valence-electron chi connectivity index (χ1n) is 5.94. The van der Waals surface area contributed by atoms with Gasteiger partial charge < -0.3 is 15.6 Å². The second kappa shape index (κ2) is 6.13. The molecule has 19 heavy (non-hydrogen) atoms. The first kappa shape index (κ1) is 13.3. The lowest BCUT2D eigenvalue weighted by Crippen LogP contribution is -2.33. The Morgan fingerprint density at radius 1 is 1.05 bits per heavy atom. The Kier molecular flexibility index (Phi) is 4.28. The van der Waals surface area contributed by atoms with Crippen LogP contribution in [0.4, 0.5) is 0 Å². The van der Waals surface area contributed by atoms with Crippen LogP contribution in [-0.2, 0) is 0 Å². The molecule has 0 heterocycles. The van der Waals surface area contributed by atoms with Crippen LogP contribution in [0.25, 0.3) is 0 Å². The fraction of sp³-hybridized carbons (Fsp3) is 0.133. The minimum absolute atomic E-state index is 0.284. The first-order valence-corrected chi connectivity index (χ1v) is 5.94. The number of Topliss-reactive ketones (excluding diaryl/α,β-unsaturated/α-hetero) is 1. The zero-order valence-electron chi connectivity index (χ0n) is 10.3. The van der Waals surface area contributed by atoms with Gasteiger partial charge in [0.05, 0.1) is 12.6 Å². The monoisotopic (exact) mass is 257 g/mol. The highest BCUT2D eigenvalue weighted by atomic mass is 16.5. The van der Waals surface area contributed by atoms with Gasteiger partial charge >= 0.3 is 0 Å². The van der Waals surface area contributed by atoms with Crippen molar-refractivity contribution >= 4 is 5.78 Å². The number of hydrogen-bond acceptors (Lipinski definition) is 4. The van der Waals surface area contributed by atoms with Crippen LogP contribution in [0.1, 0.15) is 10.4 Å². The summed E-state index contributed by atoms with van der Waals surface area (Å²) in [6.45, 7) is -0.360. The van der Waals surface area contributed by atoms with E-state index in [1.807, 2.05) is 30.3 Å². The van der Waals surface area contributed by atoms with Crippen LogP contribution in [0, 0.1) is 0 Å². The average Bonchev–Trinajstić information content (AvgIpc) is 2.47. The van der Waals surface area contributed by atoms with Crippen molar-refractivity contribution in [2.45, 2.75) is 6.04 Å². The predicted octanol–water partition coefficient (Wildman–Crippen LogP) is 1.98. The van der Waals surface area contributed by atoms with E-state index in [-0.39, 0.29) is 12.4 Å². The summed E-state index contributed by atoms with van der Waals surface area (Å²) in [4.78, 5) is 11.7. The van der Waals surface area contributed by atoms with Crippen molar-refractivity contribution in [3.8, 4) is 11.5 Å². The van der Waals surface area contributed by atoms with Crippen molar-refractivity contribution in [3.63, 3.8) is 0 Å². The quantitative estimate of drug-likeness (QED) is 0.803. The van der Waals surface area contributed by atoms with E-state index in [2.05, 4.69) is 0 Å². The van der Waals surface area contributed by atoms with Gasteiger partial charge in [0.25, 0.3) is 0 Å². The van der Waals surface area contributed by atoms with Gasteiger partial charge in [0.1, 0.15) is 11.5 Å². The molecule has 0 aliphatic carbocycles. The van der Waals surface area contributed by atoms with Crippen LogP contribution >= 0.6 is 0 Å². The third kappa shape index (κ3) is 3.40. The first-order chi connectivity index (χ1) is 9.20. The molecule has 0 spiro atoms. The summed E-state index contributed by atoms with van der Waals surface area (Å²) < 4.78 is 5.61. The van der Waals surface area contributed by atoms with E-state index in [0.717, 1.165) is 5.75 Å². The van der Waals surface area contributed by atoms with E-state index in [0.29, 0.717) is 11.3 Å². The van der Waals surface area contributed by atoms with E-state index in [9.17, 15) is 4.79 Å². The number of hydrogen-bond donors (Lipinski definition) is 2. The van der Waals surface area contributed by atoms with Gasteiger partial charge in [0.15, 0.2) is 5.78 Å². The molecule has 1 atom stereocenters. The Bertz CT molecular complexity index is 537. The molecule has 0 saturated carbocycles. The van der Waals surface area contributed by atoms with Gasteiger partial charge in [0.2, 0.25) is 0 Å². The maximum Gasteiger partial charge on any atom is 0.181 e. The molecule has 98 valence electrons. The molecule has 3 N–H and O–H groups in total. The lowest BCUT2D eigenvalue weighted by atomic mass is 10.1. The molecular weight excluding hydrogens is 242 g/mol. The fourth-order valence-corrected chi connectivity index (χ4v) is 1.61. The predicted molar refractivity (Wildman–Crippen MR) is 72.3 cm³/mol. The standard InChI is InChI=1S/C15H15NO3/c16-14(10-17)15(18)11-6-8-13(9-7-11)19-12-4-2-1-3-5-12/h1-9,14,17H,10,16H2. The molecule has 0 radical (unpaired) electrons. The van der Waals surface area contributed by atoms with Crippen LogP contribution in [0.15, 0.2) is 54.6 Å². The number of rotatable bonds is 5. The van der Waals surface area contributed by atoms with Gasteiger partial charge in [-0.15, -0.1) is 0 Å². The fourth-order valence-electron chi connectivity index (χ4n) is 1.61. The minimum Gasteiger partial charge on any atom is -0.457 e. The summed E-state index contributed by atoms with van der Waals surface area (Å²) in [5.74, 6) is 1.09. The maximum atomic E-state index is 11.7. The summed E-state index contributed by atoms with van der Waals surface area (Å²) in [5, 5.41) is 8.85. The highest BCUT2D eigenvalue weighted by Gasteiger charge is 2.14. The van der Waals surface area contributed by atoms with Crippen molar-refractivity contribution in [2.24, 2.45) is 5.73 Å². The van der Waals surface area contributed by atoms with Crippen molar-refractivity contribution < 1.29 is 14.6 Å². The molecule has 0 aromatic heterocycles. The minimum atomic E-state index is -0.874. The number of aliphatic hydroxyl groups excluding tert-OH is 1. The molecule has 0 amide bonds. The van der Waals surface area contributed by atoms with Crippen molar-refractivity contribution in [1.29, 1.82) is 0 Å². The molecule has 0 bridgehead atoms. The highest BCUT2D eigenvalue weighted by molar-refractivity contribution is 6.00. The van der Waals surface area contributed by atoms with Gasteiger partial charge in [-0.1, -0.05) is 18.2 Å². The van der Waals surface area contributed by atoms with Crippen molar-refractivity contribution in [1.82, 2.24) is 0 Å². The third-order valence-electron chi connectivity index (χ3n) is 2.65. The van der Waals surface area contributed by atoms with Crippen LogP contribution in [-0.4, -0.2) is 23.5 Å². The molecule has 4 heteroatoms. The van der Waals surface area contributed by atoms with Crippen LogP contribution in [0.3, 0.4) is 0 Å². The summed E-state index contributed by atoms with van der Waals surface area (Å²) in [6.07, 6.45) is 0. The Balaban J connectivity index is 2.09. The molecule has 2 aromatic rings. The second-order valence-electron chi connectivity index (χ2n) is 4.09. The summed E-state index contributed by atoms with van der Waals surface area (Å²) in [5.41, 5.74) is 5.94. The van der Waals surface area contributed by atoms with Gasteiger partial charge in [-0.2, -0.15) is 0 Å². The summed E-state index contributed by atoms with van der Waals surface area (Å²) >= 11 is 0. The lowest BCUT2D eigenvalue weighted by molar-refractivity contribution is 0.0925. The topological polar surface area (TPSA) is 72.5 Å². The number of ketones is 1. The molecule has 0 aliphatic rings. The number of carbonyl (C=O) groups excluding carboxylic acids is 1. The van der Waals surface area contributed by atoms with E-state index in [4.69, 9.17) is 15.6 Å². The average molecular weight is 257 g/mol. The van der Waals surface area contributed by atoms with Crippen molar-refractivity contribution in [2.75, 3.05) is 6.61 Å². The van der Waals surface area contributed by atoms with Crippen LogP contribution in [0.5, 0.6) is 11.5 Å². The molecule has 1 unspecified atom stereocenters. The third-order valence-corrected chi connectivity index (χ3v) is 2.65. The molecule has 2 rings (SSSR count). The number of ether oxygens (including phenoxy) is 1. The van der Waals surface area contributed by atoms with E-state index in [1.165, 1.54) is 0 Å². The van der Waals surface area contributed by atoms with E-state index >= 15 is 0 Å². The van der Waals surface area contributed by atoms with Gasteiger partial charge in [-0.25, -0.2) is 0 Å². The maximum absolute atomic E-state index is 11.7. The summed E-state index contributed by atoms with van der Waals surface area (Å²) in [7, 11) is 0. The van der Waals surface area contributed by atoms with Gasteiger partial charge in [-0.3, -0.25) is 4.79 Å². The second-order valence-corrected chi connectivity index (χ2v) is 4.09. The SMILES string of the molecule is NC(CO)C(=O)c1ccc(Oc2ccccc2)cc1. The van der Waals surface area contributed by atoms with Gasteiger partial charge in [-0.05, 0) is 36.4 Å². The number of para-hydroxylation sites is 1.